The SMILES string of the molecule is Cc1cc(-c2ccccc2)ccc1N1C=C(c2ccccc2)N[C@@H]1C. The Morgan fingerprint density at radius 1 is 0.760 bits per heavy atom. The van der Waals surface area contributed by atoms with E-state index in [1.807, 2.05) is 6.07 Å². The van der Waals surface area contributed by atoms with Crippen molar-refractivity contribution in [2.75, 3.05) is 4.90 Å². The summed E-state index contributed by atoms with van der Waals surface area (Å²) in [7, 11) is 0. The van der Waals surface area contributed by atoms with Gasteiger partial charge in [-0.05, 0) is 48.2 Å². The Hall–Kier alpha value is -3.00. The monoisotopic (exact) mass is 326 g/mol. The van der Waals surface area contributed by atoms with E-state index in [1.54, 1.807) is 0 Å². The molecule has 4 rings (SSSR count). The van der Waals surface area contributed by atoms with Crippen LogP contribution in [-0.2, 0) is 0 Å². The Labute approximate surface area is 149 Å². The van der Waals surface area contributed by atoms with Gasteiger partial charge in [-0.2, -0.15) is 0 Å². The van der Waals surface area contributed by atoms with Crippen molar-refractivity contribution in [3.05, 3.63) is 96.2 Å². The highest BCUT2D eigenvalue weighted by molar-refractivity contribution is 5.75. The van der Waals surface area contributed by atoms with Gasteiger partial charge < -0.3 is 10.2 Å². The van der Waals surface area contributed by atoms with Crippen molar-refractivity contribution in [1.82, 2.24) is 5.32 Å². The molecule has 1 aliphatic rings. The number of nitrogens with one attached hydrogen (secondary N) is 1. The van der Waals surface area contributed by atoms with Crippen LogP contribution in [0.2, 0.25) is 0 Å². The number of anilines is 1. The Kier molecular flexibility index (Phi) is 4.02. The van der Waals surface area contributed by atoms with E-state index >= 15 is 0 Å². The molecule has 0 radical (unpaired) electrons. The zero-order valence-electron chi connectivity index (χ0n) is 14.6. The first kappa shape index (κ1) is 15.5. The molecule has 0 saturated carbocycles. The van der Waals surface area contributed by atoms with Crippen molar-refractivity contribution >= 4 is 11.4 Å². The van der Waals surface area contributed by atoms with Crippen LogP contribution < -0.4 is 10.2 Å². The summed E-state index contributed by atoms with van der Waals surface area (Å²) in [5, 5.41) is 3.58. The molecule has 1 N–H and O–H groups in total. The molecule has 0 spiro atoms. The van der Waals surface area contributed by atoms with Crippen molar-refractivity contribution in [2.24, 2.45) is 0 Å². The van der Waals surface area contributed by atoms with E-state index in [9.17, 15) is 0 Å². The second-order valence-electron chi connectivity index (χ2n) is 6.50. The summed E-state index contributed by atoms with van der Waals surface area (Å²) < 4.78 is 0. The van der Waals surface area contributed by atoms with E-state index in [2.05, 4.69) is 103 Å². The molecule has 1 aliphatic heterocycles. The first-order valence-corrected chi connectivity index (χ1v) is 8.70. The maximum Gasteiger partial charge on any atom is 0.100 e. The van der Waals surface area contributed by atoms with Gasteiger partial charge in [0.2, 0.25) is 0 Å². The second kappa shape index (κ2) is 6.48. The van der Waals surface area contributed by atoms with Crippen molar-refractivity contribution in [1.29, 1.82) is 0 Å². The summed E-state index contributed by atoms with van der Waals surface area (Å²) in [6.45, 7) is 4.37. The third-order valence-electron chi connectivity index (χ3n) is 4.72. The Bertz CT molecular complexity index is 898. The molecule has 0 fully saturated rings. The molecule has 0 aromatic heterocycles. The standard InChI is InChI=1S/C23H22N2/c1-17-15-21(19-9-5-3-6-10-19)13-14-23(17)25-16-22(24-18(25)2)20-11-7-4-8-12-20/h3-16,18,24H,1-2H3/t18-/m0/s1. The topological polar surface area (TPSA) is 15.3 Å². The van der Waals surface area contributed by atoms with Gasteiger partial charge in [0.25, 0.3) is 0 Å². The van der Waals surface area contributed by atoms with E-state index in [4.69, 9.17) is 0 Å². The fourth-order valence-electron chi connectivity index (χ4n) is 3.39. The molecular formula is C23H22N2. The van der Waals surface area contributed by atoms with E-state index in [1.165, 1.54) is 33.6 Å². The minimum atomic E-state index is 0.233. The Morgan fingerprint density at radius 2 is 1.40 bits per heavy atom. The van der Waals surface area contributed by atoms with Gasteiger partial charge in [-0.3, -0.25) is 0 Å². The summed E-state index contributed by atoms with van der Waals surface area (Å²) in [4.78, 5) is 2.31. The summed E-state index contributed by atoms with van der Waals surface area (Å²) in [6.07, 6.45) is 2.45. The lowest BCUT2D eigenvalue weighted by atomic mass is 10.0. The highest BCUT2D eigenvalue weighted by Crippen LogP contribution is 2.31. The van der Waals surface area contributed by atoms with Gasteiger partial charge >= 0.3 is 0 Å². The highest BCUT2D eigenvalue weighted by atomic mass is 15.3. The van der Waals surface area contributed by atoms with Crippen LogP contribution in [0.3, 0.4) is 0 Å². The number of rotatable bonds is 3. The maximum absolute atomic E-state index is 3.58. The number of hydrogen-bond acceptors (Lipinski definition) is 2. The van der Waals surface area contributed by atoms with Gasteiger partial charge in [-0.25, -0.2) is 0 Å². The average molecular weight is 326 g/mol. The third kappa shape index (κ3) is 3.03. The van der Waals surface area contributed by atoms with Crippen LogP contribution in [0.4, 0.5) is 5.69 Å². The molecule has 1 heterocycles. The van der Waals surface area contributed by atoms with Gasteiger partial charge in [0.15, 0.2) is 0 Å². The van der Waals surface area contributed by atoms with Crippen molar-refractivity contribution < 1.29 is 0 Å². The van der Waals surface area contributed by atoms with Gasteiger partial charge in [0, 0.05) is 11.9 Å². The third-order valence-corrected chi connectivity index (χ3v) is 4.72. The first-order valence-electron chi connectivity index (χ1n) is 8.70. The average Bonchev–Trinajstić information content (AvgIpc) is 3.05. The first-order chi connectivity index (χ1) is 12.2. The maximum atomic E-state index is 3.58. The van der Waals surface area contributed by atoms with Gasteiger partial charge in [0.1, 0.15) is 6.17 Å². The van der Waals surface area contributed by atoms with Crippen LogP contribution in [0.1, 0.15) is 18.1 Å². The van der Waals surface area contributed by atoms with Crippen LogP contribution in [0.5, 0.6) is 0 Å². The van der Waals surface area contributed by atoms with E-state index in [0.29, 0.717) is 0 Å². The molecule has 2 heteroatoms. The van der Waals surface area contributed by atoms with E-state index < -0.39 is 0 Å². The molecule has 1 atom stereocenters. The Morgan fingerprint density at radius 3 is 2.04 bits per heavy atom. The smallest absolute Gasteiger partial charge is 0.100 e. The van der Waals surface area contributed by atoms with Crippen LogP contribution in [-0.4, -0.2) is 6.17 Å². The lowest BCUT2D eigenvalue weighted by Gasteiger charge is -2.24. The molecule has 0 saturated heterocycles. The predicted octanol–water partition coefficient (Wildman–Crippen LogP) is 5.42. The lowest BCUT2D eigenvalue weighted by Crippen LogP contribution is -2.33. The molecule has 25 heavy (non-hydrogen) atoms. The summed E-state index contributed by atoms with van der Waals surface area (Å²) in [6, 6.07) is 27.7. The molecule has 0 aliphatic carbocycles. The number of nitrogens with zero attached hydrogens (tertiary/aromatic N) is 1. The fraction of sp³-hybridized carbons (Fsp3) is 0.130. The van der Waals surface area contributed by atoms with E-state index in [-0.39, 0.29) is 6.17 Å². The fourth-order valence-corrected chi connectivity index (χ4v) is 3.39. The molecular weight excluding hydrogens is 304 g/mol. The van der Waals surface area contributed by atoms with Gasteiger partial charge in [0.05, 0.1) is 5.70 Å². The quantitative estimate of drug-likeness (QED) is 0.691. The molecule has 124 valence electrons. The second-order valence-corrected chi connectivity index (χ2v) is 6.50. The normalized spacial score (nSPS) is 16.5. The predicted molar refractivity (Wildman–Crippen MR) is 106 cm³/mol. The lowest BCUT2D eigenvalue weighted by molar-refractivity contribution is 0.690. The molecule has 0 unspecified atom stereocenters. The summed E-state index contributed by atoms with van der Waals surface area (Å²) in [5.74, 6) is 0. The largest absolute Gasteiger partial charge is 0.363 e. The molecule has 0 bridgehead atoms. The molecule has 3 aromatic rings. The molecule has 2 nitrogen and oxygen atoms in total. The van der Waals surface area contributed by atoms with Crippen molar-refractivity contribution in [3.63, 3.8) is 0 Å². The van der Waals surface area contributed by atoms with Crippen molar-refractivity contribution in [2.45, 2.75) is 20.0 Å². The van der Waals surface area contributed by atoms with Crippen molar-refractivity contribution in [3.8, 4) is 11.1 Å². The zero-order valence-corrected chi connectivity index (χ0v) is 14.6. The van der Waals surface area contributed by atoms with Crippen LogP contribution in [0.15, 0.2) is 85.1 Å². The zero-order chi connectivity index (χ0) is 17.2. The van der Waals surface area contributed by atoms with E-state index in [0.717, 1.165) is 0 Å². The number of aryl methyl sites for hydroxylation is 1. The Balaban J connectivity index is 1.67. The minimum absolute atomic E-state index is 0.233. The van der Waals surface area contributed by atoms with Gasteiger partial charge in [-0.15, -0.1) is 0 Å². The van der Waals surface area contributed by atoms with Crippen LogP contribution in [0, 0.1) is 6.92 Å². The van der Waals surface area contributed by atoms with Gasteiger partial charge in [-0.1, -0.05) is 66.7 Å². The molecule has 0 amide bonds. The number of hydrogen-bond donors (Lipinski definition) is 1. The number of benzene rings is 3. The summed E-state index contributed by atoms with van der Waals surface area (Å²) in [5.41, 5.74) is 7.42. The highest BCUT2D eigenvalue weighted by Gasteiger charge is 2.22. The minimum Gasteiger partial charge on any atom is -0.363 e. The summed E-state index contributed by atoms with van der Waals surface area (Å²) >= 11 is 0. The van der Waals surface area contributed by atoms with Crippen LogP contribution >= 0.6 is 0 Å². The van der Waals surface area contributed by atoms with Crippen LogP contribution in [0.25, 0.3) is 16.8 Å². The molecule has 3 aromatic carbocycles.